The molecule has 6 amide bonds. The summed E-state index contributed by atoms with van der Waals surface area (Å²) < 4.78 is 32.1. The Balaban J connectivity index is 1.44. The second-order valence-corrected chi connectivity index (χ2v) is 17.6. The summed E-state index contributed by atoms with van der Waals surface area (Å²) in [7, 11) is 0. The first-order valence-electron chi connectivity index (χ1n) is 23.6. The fraction of sp³-hybridized carbons (Fsp3) is 0.833. The van der Waals surface area contributed by atoms with Crippen molar-refractivity contribution in [3.05, 3.63) is 0 Å². The average Bonchev–Trinajstić information content (AvgIpc) is 3.69. The van der Waals surface area contributed by atoms with Gasteiger partial charge in [0.2, 0.25) is 23.6 Å². The summed E-state index contributed by atoms with van der Waals surface area (Å²) in [5.74, 6) is -5.50. The van der Waals surface area contributed by atoms with Crippen molar-refractivity contribution >= 4 is 41.4 Å². The molecular formula is C42H69N5O26. The lowest BCUT2D eigenvalue weighted by molar-refractivity contribution is -0.300. The van der Waals surface area contributed by atoms with E-state index in [9.17, 15) is 94.8 Å². The van der Waals surface area contributed by atoms with E-state index in [1.54, 1.807) is 0 Å². The zero-order valence-electron chi connectivity index (χ0n) is 39.6. The van der Waals surface area contributed by atoms with Gasteiger partial charge in [0, 0.05) is 63.7 Å². The Labute approximate surface area is 416 Å². The van der Waals surface area contributed by atoms with E-state index in [0.717, 1.165) is 0 Å². The number of hydrogen-bond donors (Lipinski definition) is 16. The number of rotatable bonds is 29. The van der Waals surface area contributed by atoms with Gasteiger partial charge in [-0.1, -0.05) is 0 Å². The third kappa shape index (κ3) is 18.0. The number of carbonyl (C=O) groups is 7. The summed E-state index contributed by atoms with van der Waals surface area (Å²) in [4.78, 5) is 94.9. The molecule has 0 unspecified atom stereocenters. The first kappa shape index (κ1) is 61.3. The van der Waals surface area contributed by atoms with E-state index in [4.69, 9.17) is 33.3 Å². The van der Waals surface area contributed by atoms with Crippen LogP contribution < -0.4 is 21.3 Å². The van der Waals surface area contributed by atoms with Gasteiger partial charge in [0.15, 0.2) is 18.9 Å². The van der Waals surface area contributed by atoms with E-state index in [0.29, 0.717) is 5.06 Å². The fourth-order valence-corrected chi connectivity index (χ4v) is 7.98. The largest absolute Gasteiger partial charge is 0.394 e. The van der Waals surface area contributed by atoms with Crippen molar-refractivity contribution in [2.45, 2.75) is 162 Å². The van der Waals surface area contributed by atoms with Gasteiger partial charge in [-0.05, 0) is 19.3 Å². The minimum Gasteiger partial charge on any atom is -0.394 e. The summed E-state index contributed by atoms with van der Waals surface area (Å²) in [5, 5.41) is 130. The number of nitrogens with one attached hydrogen (secondary N) is 4. The SMILES string of the molecule is O=C(CCC(CCC(=O)NCCO[C@H]1O[C@H](CO)[C@@H](O)[C@H](O)[C@@H]1O)(CCC(=O)NCCO[C@H]1O[C@H](CO)[C@@H](O)[C@H](O)[C@@H]1O)NC(=O)CCC(=O)ON1C(=O)CCC1=O)NCCO[C@H]1O[C@H](CO)[C@@H](O)[C@H](O)[C@@H]1O. The number of carbonyl (C=O) groups excluding carboxylic acids is 7. The number of amides is 6. The molecule has 31 nitrogen and oxygen atoms in total. The molecule has 0 aromatic rings. The van der Waals surface area contributed by atoms with Gasteiger partial charge in [-0.3, -0.25) is 28.8 Å². The quantitative estimate of drug-likeness (QED) is 0.0244. The van der Waals surface area contributed by atoms with Crippen LogP contribution in [0.1, 0.15) is 64.2 Å². The number of aliphatic hydroxyl groups excluding tert-OH is 12. The van der Waals surface area contributed by atoms with Crippen LogP contribution in [0.25, 0.3) is 0 Å². The van der Waals surface area contributed by atoms with Crippen molar-refractivity contribution < 1.29 is 128 Å². The number of imide groups is 1. The topological polar surface area (TPSA) is 478 Å². The highest BCUT2D eigenvalue weighted by Crippen LogP contribution is 2.28. The molecule has 4 saturated heterocycles. The molecule has 0 spiro atoms. The predicted octanol–water partition coefficient (Wildman–Crippen LogP) is -9.63. The van der Waals surface area contributed by atoms with Crippen molar-refractivity contribution in [1.29, 1.82) is 0 Å². The van der Waals surface area contributed by atoms with Crippen LogP contribution in [-0.4, -0.2) is 265 Å². The Morgan fingerprint density at radius 1 is 0.479 bits per heavy atom. The lowest BCUT2D eigenvalue weighted by Crippen LogP contribution is -2.59. The first-order valence-corrected chi connectivity index (χ1v) is 23.6. The molecule has 0 aromatic heterocycles. The normalized spacial score (nSPS) is 31.7. The zero-order valence-corrected chi connectivity index (χ0v) is 39.6. The van der Waals surface area contributed by atoms with Crippen molar-refractivity contribution in [1.82, 2.24) is 26.3 Å². The number of hydroxylamine groups is 2. The monoisotopic (exact) mass is 1060 g/mol. The highest BCUT2D eigenvalue weighted by atomic mass is 16.7. The Kier molecular flexibility index (Phi) is 25.0. The van der Waals surface area contributed by atoms with E-state index in [1.165, 1.54) is 0 Å². The third-order valence-corrected chi connectivity index (χ3v) is 12.3. The van der Waals surface area contributed by atoms with Crippen molar-refractivity contribution in [3.8, 4) is 0 Å². The van der Waals surface area contributed by atoms with Gasteiger partial charge in [-0.25, -0.2) is 4.79 Å². The van der Waals surface area contributed by atoms with Crippen LogP contribution in [-0.2, 0) is 66.8 Å². The molecule has 16 N–H and O–H groups in total. The Morgan fingerprint density at radius 2 is 0.808 bits per heavy atom. The lowest BCUT2D eigenvalue weighted by atomic mass is 9.83. The van der Waals surface area contributed by atoms with Crippen molar-refractivity contribution in [2.24, 2.45) is 0 Å². The van der Waals surface area contributed by atoms with Crippen molar-refractivity contribution in [3.63, 3.8) is 0 Å². The Bertz CT molecular complexity index is 1650. The maximum atomic E-state index is 13.6. The number of hydrogen-bond acceptors (Lipinski definition) is 26. The minimum absolute atomic E-state index is 0.189. The van der Waals surface area contributed by atoms with E-state index < -0.39 is 191 Å². The standard InChI is InChI=1S/C42H69N5O26/c48-17-20-30(58)33(61)36(64)39(70-20)67-14-11-43-23(51)5-8-42(46-26(54)1-4-29(57)73-47-27(55)2-3-28(47)56,9-6-24(52)44-12-15-68-40-37(65)34(62)31(59)21(18-49)71-40)10-7-25(53)45-13-16-69-41-38(66)35(63)32(60)22(19-50)72-41/h20-22,30-41,48-50,58-66H,1-19H2,(H,43,51)(H,44,52)(H,45,53)(H,46,54)/t20-,21-,22-,30-,31-,32-,33+,34+,35+,36+,37+,38+,39+,40+,41+/m1/s1. The molecule has 4 aliphatic rings. The van der Waals surface area contributed by atoms with Gasteiger partial charge < -0.3 is 116 Å². The molecule has 73 heavy (non-hydrogen) atoms. The molecular weight excluding hydrogens is 990 g/mol. The highest BCUT2D eigenvalue weighted by Gasteiger charge is 2.46. The molecule has 0 aliphatic carbocycles. The van der Waals surface area contributed by atoms with Crippen LogP contribution in [0.2, 0.25) is 0 Å². The second kappa shape index (κ2) is 29.8. The summed E-state index contributed by atoms with van der Waals surface area (Å²) in [6.45, 7) is -3.77. The van der Waals surface area contributed by atoms with E-state index in [-0.39, 0.29) is 71.6 Å². The number of aliphatic hydroxyl groups is 12. The predicted molar refractivity (Wildman–Crippen MR) is 233 cm³/mol. The molecule has 0 saturated carbocycles. The summed E-state index contributed by atoms with van der Waals surface area (Å²) in [5.41, 5.74) is -1.61. The molecule has 418 valence electrons. The summed E-state index contributed by atoms with van der Waals surface area (Å²) in [6, 6.07) is 0. The second-order valence-electron chi connectivity index (χ2n) is 17.6. The van der Waals surface area contributed by atoms with E-state index in [2.05, 4.69) is 21.3 Å². The molecule has 31 heteroatoms. The van der Waals surface area contributed by atoms with Gasteiger partial charge in [0.25, 0.3) is 11.8 Å². The average molecular weight is 1060 g/mol. The molecule has 4 aliphatic heterocycles. The van der Waals surface area contributed by atoms with Crippen molar-refractivity contribution in [2.75, 3.05) is 59.3 Å². The molecule has 4 fully saturated rings. The molecule has 0 bridgehead atoms. The summed E-state index contributed by atoms with van der Waals surface area (Å²) in [6.07, 6.45) is -27.2. The molecule has 0 radical (unpaired) electrons. The van der Waals surface area contributed by atoms with E-state index >= 15 is 0 Å². The van der Waals surface area contributed by atoms with E-state index in [1.807, 2.05) is 0 Å². The van der Waals surface area contributed by atoms with Gasteiger partial charge >= 0.3 is 5.97 Å². The Hall–Kier alpha value is -4.23. The van der Waals surface area contributed by atoms with Gasteiger partial charge in [0.05, 0.1) is 46.1 Å². The molecule has 4 heterocycles. The fourth-order valence-electron chi connectivity index (χ4n) is 7.98. The lowest BCUT2D eigenvalue weighted by Gasteiger charge is -2.39. The zero-order chi connectivity index (χ0) is 54.0. The van der Waals surface area contributed by atoms with Crippen LogP contribution in [0.5, 0.6) is 0 Å². The first-order chi connectivity index (χ1) is 34.6. The van der Waals surface area contributed by atoms with Crippen LogP contribution in [0.4, 0.5) is 0 Å². The van der Waals surface area contributed by atoms with Gasteiger partial charge in [0.1, 0.15) is 73.2 Å². The number of ether oxygens (including phenoxy) is 6. The number of nitrogens with zero attached hydrogens (tertiary/aromatic N) is 1. The molecule has 0 aromatic carbocycles. The molecule has 15 atom stereocenters. The molecule has 4 rings (SSSR count). The van der Waals surface area contributed by atoms with Crippen LogP contribution >= 0.6 is 0 Å². The van der Waals surface area contributed by atoms with Gasteiger partial charge in [-0.15, -0.1) is 5.06 Å². The smallest absolute Gasteiger partial charge is 0.333 e. The van der Waals surface area contributed by atoms with Crippen LogP contribution in [0.15, 0.2) is 0 Å². The van der Waals surface area contributed by atoms with Crippen LogP contribution in [0.3, 0.4) is 0 Å². The van der Waals surface area contributed by atoms with Crippen LogP contribution in [0, 0.1) is 0 Å². The van der Waals surface area contributed by atoms with Gasteiger partial charge in [-0.2, -0.15) is 0 Å². The Morgan fingerprint density at radius 3 is 1.12 bits per heavy atom. The minimum atomic E-state index is -1.73. The highest BCUT2D eigenvalue weighted by molar-refractivity contribution is 6.01. The summed E-state index contributed by atoms with van der Waals surface area (Å²) >= 11 is 0. The third-order valence-electron chi connectivity index (χ3n) is 12.3. The maximum absolute atomic E-state index is 13.6. The maximum Gasteiger partial charge on any atom is 0.333 e.